The first-order valence-electron chi connectivity index (χ1n) is 5.85. The molecule has 1 aromatic carbocycles. The summed E-state index contributed by atoms with van der Waals surface area (Å²) in [4.78, 5) is 23.4. The molecule has 1 aromatic rings. The van der Waals surface area contributed by atoms with E-state index in [1.54, 1.807) is 12.1 Å². The standard InChI is InChI=1S/C12H18N4O3/c1-9(17)14-10-4-5-11(12(8-10)16(18)19)13-6-7-15(2)3/h4-5,8,13H,6-7H2,1-3H3,(H,14,17). The molecule has 0 aromatic heterocycles. The van der Waals surface area contributed by atoms with Gasteiger partial charge in [-0.05, 0) is 26.2 Å². The van der Waals surface area contributed by atoms with Crippen LogP contribution in [0.2, 0.25) is 0 Å². The van der Waals surface area contributed by atoms with Crippen molar-refractivity contribution in [2.45, 2.75) is 6.92 Å². The number of nitro benzene ring substituents is 1. The van der Waals surface area contributed by atoms with Crippen LogP contribution in [0.3, 0.4) is 0 Å². The van der Waals surface area contributed by atoms with Gasteiger partial charge in [0.05, 0.1) is 4.92 Å². The number of hydrogen-bond donors (Lipinski definition) is 2. The van der Waals surface area contributed by atoms with E-state index in [0.29, 0.717) is 17.9 Å². The molecule has 0 aliphatic carbocycles. The Hall–Kier alpha value is -2.15. The van der Waals surface area contributed by atoms with Crippen molar-refractivity contribution in [1.29, 1.82) is 0 Å². The van der Waals surface area contributed by atoms with E-state index in [2.05, 4.69) is 10.6 Å². The number of nitrogens with zero attached hydrogens (tertiary/aromatic N) is 2. The monoisotopic (exact) mass is 266 g/mol. The van der Waals surface area contributed by atoms with Crippen molar-refractivity contribution in [3.05, 3.63) is 28.3 Å². The highest BCUT2D eigenvalue weighted by Crippen LogP contribution is 2.27. The number of carbonyl (C=O) groups excluding carboxylic acids is 1. The Labute approximate surface area is 111 Å². The molecule has 0 radical (unpaired) electrons. The van der Waals surface area contributed by atoms with Crippen molar-refractivity contribution in [2.24, 2.45) is 0 Å². The van der Waals surface area contributed by atoms with Crippen LogP contribution in [0.25, 0.3) is 0 Å². The van der Waals surface area contributed by atoms with Gasteiger partial charge in [-0.1, -0.05) is 0 Å². The van der Waals surface area contributed by atoms with E-state index in [1.807, 2.05) is 19.0 Å². The summed E-state index contributed by atoms with van der Waals surface area (Å²) < 4.78 is 0. The first-order chi connectivity index (χ1) is 8.90. The average Bonchev–Trinajstić information content (AvgIpc) is 2.29. The number of anilines is 2. The Kier molecular flexibility index (Phi) is 5.25. The second kappa shape index (κ2) is 6.69. The molecular formula is C12H18N4O3. The Balaban J connectivity index is 2.85. The third-order valence-electron chi connectivity index (χ3n) is 2.39. The molecular weight excluding hydrogens is 248 g/mol. The summed E-state index contributed by atoms with van der Waals surface area (Å²) in [6.07, 6.45) is 0. The summed E-state index contributed by atoms with van der Waals surface area (Å²) in [7, 11) is 3.85. The first-order valence-corrected chi connectivity index (χ1v) is 5.85. The van der Waals surface area contributed by atoms with Crippen molar-refractivity contribution < 1.29 is 9.72 Å². The van der Waals surface area contributed by atoms with Gasteiger partial charge in [0.15, 0.2) is 0 Å². The zero-order chi connectivity index (χ0) is 14.4. The highest BCUT2D eigenvalue weighted by Gasteiger charge is 2.14. The molecule has 0 saturated carbocycles. The van der Waals surface area contributed by atoms with E-state index in [9.17, 15) is 14.9 Å². The van der Waals surface area contributed by atoms with Crippen molar-refractivity contribution in [3.8, 4) is 0 Å². The summed E-state index contributed by atoms with van der Waals surface area (Å²) in [5, 5.41) is 16.5. The van der Waals surface area contributed by atoms with Crippen LogP contribution in [0.4, 0.5) is 17.1 Å². The second-order valence-electron chi connectivity index (χ2n) is 4.40. The lowest BCUT2D eigenvalue weighted by atomic mass is 10.2. The molecule has 0 aliphatic heterocycles. The summed E-state index contributed by atoms with van der Waals surface area (Å²) in [5.74, 6) is -0.261. The van der Waals surface area contributed by atoms with Gasteiger partial charge in [-0.15, -0.1) is 0 Å². The van der Waals surface area contributed by atoms with Crippen LogP contribution in [0.1, 0.15) is 6.92 Å². The van der Waals surface area contributed by atoms with Gasteiger partial charge in [-0.2, -0.15) is 0 Å². The zero-order valence-corrected chi connectivity index (χ0v) is 11.3. The van der Waals surface area contributed by atoms with Gasteiger partial charge in [0, 0.05) is 31.8 Å². The molecule has 0 fully saturated rings. The fourth-order valence-electron chi connectivity index (χ4n) is 1.53. The van der Waals surface area contributed by atoms with Crippen LogP contribution in [-0.2, 0) is 4.79 Å². The molecule has 2 N–H and O–H groups in total. The minimum Gasteiger partial charge on any atom is -0.378 e. The molecule has 0 saturated heterocycles. The molecule has 0 unspecified atom stereocenters. The molecule has 0 heterocycles. The predicted molar refractivity (Wildman–Crippen MR) is 74.4 cm³/mol. The highest BCUT2D eigenvalue weighted by atomic mass is 16.6. The van der Waals surface area contributed by atoms with Crippen LogP contribution < -0.4 is 10.6 Å². The van der Waals surface area contributed by atoms with Crippen LogP contribution in [0.15, 0.2) is 18.2 Å². The van der Waals surface area contributed by atoms with Crippen LogP contribution in [0.5, 0.6) is 0 Å². The molecule has 0 aliphatic rings. The number of amides is 1. The summed E-state index contributed by atoms with van der Waals surface area (Å²) in [6, 6.07) is 4.57. The third kappa shape index (κ3) is 4.92. The van der Waals surface area contributed by atoms with E-state index < -0.39 is 4.92 Å². The van der Waals surface area contributed by atoms with E-state index in [4.69, 9.17) is 0 Å². The SMILES string of the molecule is CC(=O)Nc1ccc(NCCN(C)C)c([N+](=O)[O-])c1. The number of nitro groups is 1. The number of hydrogen-bond acceptors (Lipinski definition) is 5. The Morgan fingerprint density at radius 3 is 2.63 bits per heavy atom. The summed E-state index contributed by atoms with van der Waals surface area (Å²) in [5.41, 5.74) is 0.809. The molecule has 0 bridgehead atoms. The largest absolute Gasteiger partial charge is 0.378 e. The fourth-order valence-corrected chi connectivity index (χ4v) is 1.53. The quantitative estimate of drug-likeness (QED) is 0.602. The van der Waals surface area contributed by atoms with E-state index >= 15 is 0 Å². The minimum atomic E-state index is -0.469. The zero-order valence-electron chi connectivity index (χ0n) is 11.3. The molecule has 1 amide bonds. The maximum atomic E-state index is 11.0. The highest BCUT2D eigenvalue weighted by molar-refractivity contribution is 5.89. The number of likely N-dealkylation sites (N-methyl/N-ethyl adjacent to an activating group) is 1. The third-order valence-corrected chi connectivity index (χ3v) is 2.39. The lowest BCUT2D eigenvalue weighted by molar-refractivity contribution is -0.383. The maximum Gasteiger partial charge on any atom is 0.294 e. The molecule has 7 heteroatoms. The van der Waals surface area contributed by atoms with E-state index in [1.165, 1.54) is 13.0 Å². The van der Waals surface area contributed by atoms with E-state index in [0.717, 1.165) is 6.54 Å². The lowest BCUT2D eigenvalue weighted by Crippen LogP contribution is -2.21. The lowest BCUT2D eigenvalue weighted by Gasteiger charge is -2.12. The van der Waals surface area contributed by atoms with Gasteiger partial charge in [0.25, 0.3) is 5.69 Å². The van der Waals surface area contributed by atoms with E-state index in [-0.39, 0.29) is 11.6 Å². The van der Waals surface area contributed by atoms with Crippen molar-refractivity contribution in [1.82, 2.24) is 4.90 Å². The fraction of sp³-hybridized carbons (Fsp3) is 0.417. The molecule has 1 rings (SSSR count). The van der Waals surface area contributed by atoms with Gasteiger partial charge in [0.1, 0.15) is 5.69 Å². The van der Waals surface area contributed by atoms with Gasteiger partial charge in [0.2, 0.25) is 5.91 Å². The van der Waals surface area contributed by atoms with Gasteiger partial charge in [-0.25, -0.2) is 0 Å². The molecule has 19 heavy (non-hydrogen) atoms. The minimum absolute atomic E-state index is 0.0509. The molecule has 104 valence electrons. The van der Waals surface area contributed by atoms with Crippen LogP contribution in [0, 0.1) is 10.1 Å². The normalized spacial score (nSPS) is 10.3. The van der Waals surface area contributed by atoms with Crippen molar-refractivity contribution in [2.75, 3.05) is 37.8 Å². The number of benzene rings is 1. The first kappa shape index (κ1) is 14.9. The molecule has 0 atom stereocenters. The number of nitrogens with one attached hydrogen (secondary N) is 2. The smallest absolute Gasteiger partial charge is 0.294 e. The van der Waals surface area contributed by atoms with Gasteiger partial charge < -0.3 is 15.5 Å². The molecule has 7 nitrogen and oxygen atoms in total. The average molecular weight is 266 g/mol. The predicted octanol–water partition coefficient (Wildman–Crippen LogP) is 1.53. The van der Waals surface area contributed by atoms with Crippen LogP contribution in [-0.4, -0.2) is 42.9 Å². The topological polar surface area (TPSA) is 87.5 Å². The molecule has 0 spiro atoms. The maximum absolute atomic E-state index is 11.0. The Bertz CT molecular complexity index is 474. The Morgan fingerprint density at radius 2 is 2.11 bits per heavy atom. The van der Waals surface area contributed by atoms with Gasteiger partial charge in [-0.3, -0.25) is 14.9 Å². The number of carbonyl (C=O) groups is 1. The Morgan fingerprint density at radius 1 is 1.42 bits per heavy atom. The van der Waals surface area contributed by atoms with Crippen molar-refractivity contribution in [3.63, 3.8) is 0 Å². The summed E-state index contributed by atoms with van der Waals surface area (Å²) >= 11 is 0. The van der Waals surface area contributed by atoms with Gasteiger partial charge >= 0.3 is 0 Å². The van der Waals surface area contributed by atoms with Crippen LogP contribution >= 0.6 is 0 Å². The number of rotatable bonds is 6. The second-order valence-corrected chi connectivity index (χ2v) is 4.40. The van der Waals surface area contributed by atoms with Crippen molar-refractivity contribution >= 4 is 23.0 Å². The summed E-state index contributed by atoms with van der Waals surface area (Å²) in [6.45, 7) is 2.73.